The van der Waals surface area contributed by atoms with Crippen LogP contribution in [-0.4, -0.2) is 101 Å². The molecule has 0 aromatic heterocycles. The number of carbonyl (C=O) groups is 4. The van der Waals surface area contributed by atoms with Crippen LogP contribution in [0.15, 0.2) is 55.6 Å². The Labute approximate surface area is 297 Å². The highest BCUT2D eigenvalue weighted by Gasteiger charge is 2.75. The number of aliphatic hydroxyl groups excluding tert-OH is 1. The van der Waals surface area contributed by atoms with Crippen LogP contribution in [0.5, 0.6) is 0 Å². The number of benzene rings is 1. The van der Waals surface area contributed by atoms with E-state index < -0.39 is 53.2 Å². The fourth-order valence-electron chi connectivity index (χ4n) is 8.61. The molecule has 0 saturated carbocycles. The van der Waals surface area contributed by atoms with Crippen molar-refractivity contribution in [2.24, 2.45) is 17.3 Å². The summed E-state index contributed by atoms with van der Waals surface area (Å²) in [5.41, 5.74) is -1.26. The summed E-state index contributed by atoms with van der Waals surface area (Å²) in [5, 5.41) is 12.7. The van der Waals surface area contributed by atoms with Gasteiger partial charge in [-0.15, -0.1) is 13.2 Å². The lowest BCUT2D eigenvalue weighted by Crippen LogP contribution is -2.61. The summed E-state index contributed by atoms with van der Waals surface area (Å²) in [6.45, 7) is 18.3. The average Bonchev–Trinajstić information content (AvgIpc) is 3.70. The molecule has 7 atom stereocenters. The fraction of sp³-hybridized carbons (Fsp3) is 0.641. The number of likely N-dealkylation sites (tertiary alicyclic amines) is 1. The molecule has 1 aromatic rings. The van der Waals surface area contributed by atoms with Crippen LogP contribution in [0.4, 0.5) is 0 Å². The normalized spacial score (nSPS) is 25.5. The van der Waals surface area contributed by atoms with E-state index >= 15 is 0 Å². The molecule has 3 aliphatic heterocycles. The van der Waals surface area contributed by atoms with Crippen molar-refractivity contribution in [1.29, 1.82) is 0 Å². The first-order valence-electron chi connectivity index (χ1n) is 17.8. The van der Waals surface area contributed by atoms with E-state index in [9.17, 15) is 24.3 Å². The van der Waals surface area contributed by atoms with E-state index in [4.69, 9.17) is 14.2 Å². The maximum absolute atomic E-state index is 14.9. The number of carbonyl (C=O) groups excluding carboxylic acids is 4. The predicted molar refractivity (Wildman–Crippen MR) is 190 cm³/mol. The van der Waals surface area contributed by atoms with Gasteiger partial charge in [-0.1, -0.05) is 63.3 Å². The molecule has 3 fully saturated rings. The van der Waals surface area contributed by atoms with Gasteiger partial charge in [-0.05, 0) is 56.9 Å². The van der Waals surface area contributed by atoms with Gasteiger partial charge in [0.05, 0.1) is 30.6 Å². The number of fused-ring (bicyclic) bond motifs is 1. The maximum atomic E-state index is 14.9. The molecule has 276 valence electrons. The van der Waals surface area contributed by atoms with Crippen molar-refractivity contribution in [3.8, 4) is 0 Å². The third-order valence-electron chi connectivity index (χ3n) is 10.1. The molecule has 1 spiro atoms. The Balaban J connectivity index is 1.71. The van der Waals surface area contributed by atoms with Gasteiger partial charge in [0.2, 0.25) is 17.7 Å². The van der Waals surface area contributed by atoms with E-state index in [1.807, 2.05) is 44.2 Å². The SMILES string of the molecule is C=CCCC(=O)N[C@H](COC)[C@H](OC(=O)[C@@H]1[C@@H]2CC[C@]3(O2)[C@H](C(=O)N(CC=C)C(C)(C)CC(C)(C)C)N(CCCO)C(=O)[C@@H]13)c1ccccc1. The lowest BCUT2D eigenvalue weighted by atomic mass is 9.70. The zero-order valence-electron chi connectivity index (χ0n) is 30.7. The minimum Gasteiger partial charge on any atom is -0.455 e. The van der Waals surface area contributed by atoms with Crippen molar-refractivity contribution in [1.82, 2.24) is 15.1 Å². The van der Waals surface area contributed by atoms with Crippen molar-refractivity contribution in [2.45, 2.75) is 109 Å². The molecular weight excluding hydrogens is 638 g/mol. The summed E-state index contributed by atoms with van der Waals surface area (Å²) in [7, 11) is 1.51. The number of allylic oxidation sites excluding steroid dienone is 1. The molecule has 0 radical (unpaired) electrons. The van der Waals surface area contributed by atoms with Gasteiger partial charge in [0, 0.05) is 38.8 Å². The number of methoxy groups -OCH3 is 1. The van der Waals surface area contributed by atoms with Crippen LogP contribution in [0.1, 0.15) is 84.8 Å². The topological polar surface area (TPSA) is 135 Å². The molecule has 3 aliphatic rings. The minimum atomic E-state index is -1.23. The Morgan fingerprint density at radius 2 is 1.86 bits per heavy atom. The average molecular weight is 696 g/mol. The predicted octanol–water partition coefficient (Wildman–Crippen LogP) is 4.35. The smallest absolute Gasteiger partial charge is 0.313 e. The molecule has 50 heavy (non-hydrogen) atoms. The van der Waals surface area contributed by atoms with Crippen molar-refractivity contribution in [2.75, 3.05) is 33.4 Å². The van der Waals surface area contributed by atoms with Gasteiger partial charge in [-0.25, -0.2) is 0 Å². The number of rotatable bonds is 18. The molecule has 3 heterocycles. The molecule has 0 unspecified atom stereocenters. The van der Waals surface area contributed by atoms with E-state index in [-0.39, 0.29) is 62.3 Å². The quantitative estimate of drug-likeness (QED) is 0.171. The van der Waals surface area contributed by atoms with Crippen LogP contribution in [0.3, 0.4) is 0 Å². The van der Waals surface area contributed by atoms with E-state index in [1.54, 1.807) is 17.1 Å². The first kappa shape index (κ1) is 39.2. The molecule has 4 rings (SSSR count). The monoisotopic (exact) mass is 695 g/mol. The zero-order valence-corrected chi connectivity index (χ0v) is 30.7. The Hall–Kier alpha value is -3.54. The van der Waals surface area contributed by atoms with E-state index in [0.29, 0.717) is 31.2 Å². The van der Waals surface area contributed by atoms with Crippen molar-refractivity contribution in [3.63, 3.8) is 0 Å². The van der Waals surface area contributed by atoms with Gasteiger partial charge >= 0.3 is 5.97 Å². The third-order valence-corrected chi connectivity index (χ3v) is 10.1. The van der Waals surface area contributed by atoms with Crippen LogP contribution in [-0.2, 0) is 33.4 Å². The maximum Gasteiger partial charge on any atom is 0.313 e. The van der Waals surface area contributed by atoms with Crippen LogP contribution < -0.4 is 5.32 Å². The van der Waals surface area contributed by atoms with Gasteiger partial charge in [0.1, 0.15) is 17.7 Å². The van der Waals surface area contributed by atoms with E-state index in [1.165, 1.54) is 12.0 Å². The summed E-state index contributed by atoms with van der Waals surface area (Å²) < 4.78 is 18.4. The lowest BCUT2D eigenvalue weighted by Gasteiger charge is -2.45. The van der Waals surface area contributed by atoms with Crippen LogP contribution in [0.2, 0.25) is 0 Å². The Morgan fingerprint density at radius 3 is 2.46 bits per heavy atom. The van der Waals surface area contributed by atoms with E-state index in [0.717, 1.165) is 0 Å². The number of nitrogens with one attached hydrogen (secondary N) is 1. The third kappa shape index (κ3) is 8.16. The molecule has 3 saturated heterocycles. The Kier molecular flexibility index (Phi) is 12.7. The van der Waals surface area contributed by atoms with Gasteiger partial charge in [0.25, 0.3) is 0 Å². The zero-order chi connectivity index (χ0) is 36.9. The van der Waals surface area contributed by atoms with Crippen molar-refractivity contribution < 1.29 is 38.5 Å². The second-order valence-electron chi connectivity index (χ2n) is 15.7. The van der Waals surface area contributed by atoms with Gasteiger partial charge < -0.3 is 34.4 Å². The number of hydrogen-bond acceptors (Lipinski definition) is 8. The van der Waals surface area contributed by atoms with Crippen LogP contribution in [0, 0.1) is 17.3 Å². The standard InChI is InChI=1S/C39H57N3O8/c1-9-11-18-29(44)40-27(24-48-8)32(26-16-13-12-14-17-26)49-36(47)30-28-19-20-39(50-28)31(30)34(45)41(22-15-23-43)33(39)35(46)42(21-10-2)38(6,7)25-37(3,4)5/h9-10,12-14,16-17,27-28,30-33,43H,1-2,11,15,18-25H2,3-8H3,(H,40,44)/t27-,28+,30-,31-,32-,33+,39-/m1/s1. The number of nitrogens with zero attached hydrogens (tertiary/aromatic N) is 2. The summed E-state index contributed by atoms with van der Waals surface area (Å²) in [4.78, 5) is 59.9. The molecule has 11 nitrogen and oxygen atoms in total. The molecule has 0 aliphatic carbocycles. The molecule has 11 heteroatoms. The first-order chi connectivity index (χ1) is 23.7. The second-order valence-corrected chi connectivity index (χ2v) is 15.7. The van der Waals surface area contributed by atoms with Gasteiger partial charge in [-0.2, -0.15) is 0 Å². The highest BCUT2D eigenvalue weighted by Crippen LogP contribution is 2.59. The summed E-state index contributed by atoms with van der Waals surface area (Å²) in [6.07, 6.45) is 4.37. The minimum absolute atomic E-state index is 0.0680. The lowest BCUT2D eigenvalue weighted by molar-refractivity contribution is -0.163. The Bertz CT molecular complexity index is 1390. The van der Waals surface area contributed by atoms with Crippen molar-refractivity contribution >= 4 is 23.7 Å². The number of aliphatic hydroxyl groups is 1. The van der Waals surface area contributed by atoms with Gasteiger partial charge in [0.15, 0.2) is 0 Å². The molecular formula is C39H57N3O8. The number of amides is 3. The highest BCUT2D eigenvalue weighted by atomic mass is 16.6. The Morgan fingerprint density at radius 1 is 1.16 bits per heavy atom. The van der Waals surface area contributed by atoms with Crippen LogP contribution >= 0.6 is 0 Å². The summed E-state index contributed by atoms with van der Waals surface area (Å²) in [5.74, 6) is -3.39. The number of ether oxygens (including phenoxy) is 3. The van der Waals surface area contributed by atoms with Crippen LogP contribution in [0.25, 0.3) is 0 Å². The van der Waals surface area contributed by atoms with Crippen molar-refractivity contribution in [3.05, 3.63) is 61.2 Å². The number of hydrogen-bond donors (Lipinski definition) is 2. The summed E-state index contributed by atoms with van der Waals surface area (Å²) >= 11 is 0. The second kappa shape index (κ2) is 16.2. The first-order valence-corrected chi connectivity index (χ1v) is 17.8. The largest absolute Gasteiger partial charge is 0.455 e. The molecule has 3 amide bonds. The van der Waals surface area contributed by atoms with E-state index in [2.05, 4.69) is 39.2 Å². The van der Waals surface area contributed by atoms with Gasteiger partial charge in [-0.3, -0.25) is 19.2 Å². The molecule has 2 bridgehead atoms. The molecule has 2 N–H and O–H groups in total. The number of esters is 1. The highest BCUT2D eigenvalue weighted by molar-refractivity contribution is 5.98. The summed E-state index contributed by atoms with van der Waals surface area (Å²) in [6, 6.07) is 7.41. The molecule has 1 aromatic carbocycles. The fourth-order valence-corrected chi connectivity index (χ4v) is 8.61.